The van der Waals surface area contributed by atoms with Gasteiger partial charge in [0.05, 0.1) is 5.16 Å². The van der Waals surface area contributed by atoms with E-state index in [0.29, 0.717) is 5.56 Å². The summed E-state index contributed by atoms with van der Waals surface area (Å²) >= 11 is 4.40. The standard InChI is InChI=1S/C27H18F3NS/c1-16-3-5-18(6-4-16)22-9-7-19(11-17(22)2)20-8-10-23(24(28)12-20)21-13-25(29)27(31-15-32)26(30)14-21/h3-14H,1-2H3. The molecule has 4 aromatic rings. The summed E-state index contributed by atoms with van der Waals surface area (Å²) in [5.41, 5.74) is 5.65. The van der Waals surface area contributed by atoms with Gasteiger partial charge in [0.15, 0.2) is 11.6 Å². The number of hydrogen-bond donors (Lipinski definition) is 0. The molecule has 0 radical (unpaired) electrons. The molecule has 0 atom stereocenters. The van der Waals surface area contributed by atoms with E-state index in [0.717, 1.165) is 34.4 Å². The van der Waals surface area contributed by atoms with E-state index in [2.05, 4.69) is 41.5 Å². The third-order valence-corrected chi connectivity index (χ3v) is 5.47. The minimum absolute atomic E-state index is 0.0817. The van der Waals surface area contributed by atoms with Crippen molar-refractivity contribution in [3.05, 3.63) is 101 Å². The first-order valence-electron chi connectivity index (χ1n) is 9.92. The van der Waals surface area contributed by atoms with Crippen molar-refractivity contribution in [2.24, 2.45) is 4.99 Å². The molecule has 4 rings (SSSR count). The van der Waals surface area contributed by atoms with Gasteiger partial charge in [0.2, 0.25) is 0 Å². The van der Waals surface area contributed by atoms with Gasteiger partial charge in [-0.3, -0.25) is 0 Å². The highest BCUT2D eigenvalue weighted by Gasteiger charge is 2.15. The molecule has 1 nitrogen and oxygen atoms in total. The van der Waals surface area contributed by atoms with Gasteiger partial charge >= 0.3 is 0 Å². The van der Waals surface area contributed by atoms with Gasteiger partial charge in [0, 0.05) is 5.56 Å². The topological polar surface area (TPSA) is 12.4 Å². The van der Waals surface area contributed by atoms with E-state index in [4.69, 9.17) is 0 Å². The van der Waals surface area contributed by atoms with E-state index < -0.39 is 23.1 Å². The van der Waals surface area contributed by atoms with Crippen molar-refractivity contribution in [2.75, 3.05) is 0 Å². The predicted molar refractivity (Wildman–Crippen MR) is 127 cm³/mol. The molecule has 0 aliphatic heterocycles. The first-order chi connectivity index (χ1) is 15.4. The van der Waals surface area contributed by atoms with Crippen LogP contribution >= 0.6 is 12.2 Å². The van der Waals surface area contributed by atoms with Gasteiger partial charge in [-0.2, -0.15) is 4.99 Å². The van der Waals surface area contributed by atoms with Crippen LogP contribution in [0.25, 0.3) is 33.4 Å². The zero-order chi connectivity index (χ0) is 22.8. The van der Waals surface area contributed by atoms with Crippen LogP contribution in [0.3, 0.4) is 0 Å². The van der Waals surface area contributed by atoms with Crippen LogP contribution in [0, 0.1) is 31.3 Å². The third-order valence-electron chi connectivity index (χ3n) is 5.38. The Balaban J connectivity index is 1.69. The number of benzene rings is 4. The Labute approximate surface area is 189 Å². The molecule has 0 aliphatic rings. The molecule has 0 unspecified atom stereocenters. The molecule has 4 aromatic carbocycles. The molecule has 0 aromatic heterocycles. The zero-order valence-electron chi connectivity index (χ0n) is 17.4. The summed E-state index contributed by atoms with van der Waals surface area (Å²) in [6.45, 7) is 4.06. The van der Waals surface area contributed by atoms with Crippen molar-refractivity contribution in [2.45, 2.75) is 13.8 Å². The molecular weight excluding hydrogens is 427 g/mol. The number of halogens is 3. The maximum atomic E-state index is 14.9. The highest BCUT2D eigenvalue weighted by molar-refractivity contribution is 7.78. The van der Waals surface area contributed by atoms with Crippen LogP contribution < -0.4 is 0 Å². The molecule has 5 heteroatoms. The van der Waals surface area contributed by atoms with Crippen molar-refractivity contribution in [1.82, 2.24) is 0 Å². The summed E-state index contributed by atoms with van der Waals surface area (Å²) in [6, 6.07) is 20.9. The lowest BCUT2D eigenvalue weighted by molar-refractivity contribution is 0.588. The Morgan fingerprint density at radius 1 is 0.625 bits per heavy atom. The minimum atomic E-state index is -0.928. The van der Waals surface area contributed by atoms with Crippen LogP contribution in [0.2, 0.25) is 0 Å². The summed E-state index contributed by atoms with van der Waals surface area (Å²) in [5, 5.41) is 1.94. The Morgan fingerprint density at radius 3 is 1.72 bits per heavy atom. The van der Waals surface area contributed by atoms with Crippen molar-refractivity contribution >= 4 is 23.1 Å². The molecule has 0 saturated heterocycles. The lowest BCUT2D eigenvalue weighted by Crippen LogP contribution is -1.91. The van der Waals surface area contributed by atoms with Crippen molar-refractivity contribution in [1.29, 1.82) is 0 Å². The zero-order valence-corrected chi connectivity index (χ0v) is 18.2. The number of rotatable bonds is 4. The Bertz CT molecular complexity index is 1350. The maximum Gasteiger partial charge on any atom is 0.153 e. The van der Waals surface area contributed by atoms with Crippen LogP contribution in [-0.2, 0) is 0 Å². The lowest BCUT2D eigenvalue weighted by atomic mass is 9.94. The summed E-state index contributed by atoms with van der Waals surface area (Å²) in [7, 11) is 0. The fourth-order valence-electron chi connectivity index (χ4n) is 3.70. The Morgan fingerprint density at radius 2 is 1.16 bits per heavy atom. The number of isothiocyanates is 1. The second-order valence-electron chi connectivity index (χ2n) is 7.58. The van der Waals surface area contributed by atoms with Gasteiger partial charge in [-0.15, -0.1) is 0 Å². The van der Waals surface area contributed by atoms with Crippen LogP contribution in [0.4, 0.5) is 18.9 Å². The fraction of sp³-hybridized carbons (Fsp3) is 0.0741. The lowest BCUT2D eigenvalue weighted by Gasteiger charge is -2.11. The highest BCUT2D eigenvalue weighted by atomic mass is 32.1. The number of hydrogen-bond acceptors (Lipinski definition) is 2. The third kappa shape index (κ3) is 4.26. The molecule has 0 saturated carbocycles. The van der Waals surface area contributed by atoms with Gasteiger partial charge in [-0.05, 0) is 77.6 Å². The normalized spacial score (nSPS) is 10.7. The number of nitrogens with zero attached hydrogens (tertiary/aromatic N) is 1. The largest absolute Gasteiger partial charge is 0.206 e. The van der Waals surface area contributed by atoms with Crippen LogP contribution in [0.1, 0.15) is 11.1 Å². The second kappa shape index (κ2) is 8.91. The number of aliphatic imine (C=N–C) groups is 1. The first kappa shape index (κ1) is 21.7. The molecule has 158 valence electrons. The Kier molecular flexibility index (Phi) is 6.04. The van der Waals surface area contributed by atoms with Gasteiger partial charge in [-0.1, -0.05) is 60.2 Å². The average Bonchev–Trinajstić information content (AvgIpc) is 2.77. The molecule has 0 bridgehead atoms. The SMILES string of the molecule is Cc1ccc(-c2ccc(-c3ccc(-c4cc(F)c(N=C=S)c(F)c4)c(F)c3)cc2C)cc1. The van der Waals surface area contributed by atoms with E-state index in [1.165, 1.54) is 17.7 Å². The maximum absolute atomic E-state index is 14.9. The van der Waals surface area contributed by atoms with Crippen molar-refractivity contribution in [3.63, 3.8) is 0 Å². The van der Waals surface area contributed by atoms with E-state index in [1.807, 2.05) is 37.2 Å². The van der Waals surface area contributed by atoms with Gasteiger partial charge in [0.25, 0.3) is 0 Å². The summed E-state index contributed by atoms with van der Waals surface area (Å²) in [6.07, 6.45) is 0. The van der Waals surface area contributed by atoms with Gasteiger partial charge in [0.1, 0.15) is 11.5 Å². The molecule has 0 amide bonds. The summed E-state index contributed by atoms with van der Waals surface area (Å²) in [5.74, 6) is -2.43. The molecular formula is C27H18F3NS. The van der Waals surface area contributed by atoms with E-state index in [9.17, 15) is 13.2 Å². The first-order valence-corrected chi connectivity index (χ1v) is 10.3. The Hall–Kier alpha value is -3.53. The fourth-order valence-corrected chi connectivity index (χ4v) is 3.79. The van der Waals surface area contributed by atoms with E-state index >= 15 is 0 Å². The van der Waals surface area contributed by atoms with Gasteiger partial charge < -0.3 is 0 Å². The number of aryl methyl sites for hydroxylation is 2. The van der Waals surface area contributed by atoms with Crippen LogP contribution in [-0.4, -0.2) is 5.16 Å². The highest BCUT2D eigenvalue weighted by Crippen LogP contribution is 2.34. The van der Waals surface area contributed by atoms with E-state index in [1.54, 1.807) is 6.07 Å². The monoisotopic (exact) mass is 445 g/mol. The van der Waals surface area contributed by atoms with Crippen molar-refractivity contribution in [3.8, 4) is 33.4 Å². The smallest absolute Gasteiger partial charge is 0.153 e. The summed E-state index contributed by atoms with van der Waals surface area (Å²) < 4.78 is 43.2. The quantitative estimate of drug-likeness (QED) is 0.227. The predicted octanol–water partition coefficient (Wildman–Crippen LogP) is 8.46. The van der Waals surface area contributed by atoms with Crippen molar-refractivity contribution < 1.29 is 13.2 Å². The molecule has 0 aliphatic carbocycles. The van der Waals surface area contributed by atoms with Gasteiger partial charge in [-0.25, -0.2) is 13.2 Å². The van der Waals surface area contributed by atoms with Crippen LogP contribution in [0.5, 0.6) is 0 Å². The number of thiocarbonyl (C=S) groups is 1. The molecule has 0 heterocycles. The molecule has 0 N–H and O–H groups in total. The van der Waals surface area contributed by atoms with E-state index in [-0.39, 0.29) is 11.1 Å². The molecule has 0 fully saturated rings. The summed E-state index contributed by atoms with van der Waals surface area (Å²) in [4.78, 5) is 3.38. The average molecular weight is 446 g/mol. The molecule has 0 spiro atoms. The molecule has 32 heavy (non-hydrogen) atoms. The minimum Gasteiger partial charge on any atom is -0.206 e. The second-order valence-corrected chi connectivity index (χ2v) is 7.76. The van der Waals surface area contributed by atoms with Crippen LogP contribution in [0.15, 0.2) is 77.8 Å².